The maximum Gasteiger partial charge on any atom is 0.223 e. The third-order valence-electron chi connectivity index (χ3n) is 10.0. The molecule has 242 valence electrons. The van der Waals surface area contributed by atoms with Crippen molar-refractivity contribution in [3.8, 4) is 0 Å². The number of nitrogens with one attached hydrogen (secondary N) is 1. The van der Waals surface area contributed by atoms with Crippen LogP contribution in [0.3, 0.4) is 0 Å². The highest BCUT2D eigenvalue weighted by molar-refractivity contribution is 5.86. The van der Waals surface area contributed by atoms with Gasteiger partial charge in [0.15, 0.2) is 0 Å². The van der Waals surface area contributed by atoms with Crippen LogP contribution in [0, 0.1) is 23.7 Å². The predicted octanol–water partition coefficient (Wildman–Crippen LogP) is 5.13. The summed E-state index contributed by atoms with van der Waals surface area (Å²) >= 11 is 0. The van der Waals surface area contributed by atoms with Crippen molar-refractivity contribution in [1.29, 1.82) is 0 Å². The van der Waals surface area contributed by atoms with Crippen LogP contribution in [0.5, 0.6) is 0 Å². The number of carbonyl (C=O) groups excluding carboxylic acids is 2. The molecule has 3 aliphatic rings. The molecule has 3 fully saturated rings. The van der Waals surface area contributed by atoms with Crippen molar-refractivity contribution in [2.75, 3.05) is 6.54 Å². The molecule has 4 N–H and O–H groups in total. The van der Waals surface area contributed by atoms with Crippen LogP contribution in [0.15, 0.2) is 24.5 Å². The standard InChI is InChI=1S/C35H57N3O5/c1-25(2)19-31(39)33(41)30(21-26-9-5-3-6-10-26)37-34(42)29(20-27-11-12-27)22-32(40)38(23-28-13-17-36-18-14-28)24-35(43)15-7-4-8-16-35/h13-14,17-18,25-27,29-31,33,39,41,43H,3-12,15-16,19-24H2,1-2H3,(H,37,42)/t29-,30+,31+,33-/m1/s1. The molecule has 1 aromatic rings. The van der Waals surface area contributed by atoms with Gasteiger partial charge in [0.25, 0.3) is 0 Å². The number of rotatable bonds is 16. The molecule has 4 atom stereocenters. The first-order valence-corrected chi connectivity index (χ1v) is 17.2. The zero-order valence-corrected chi connectivity index (χ0v) is 26.6. The van der Waals surface area contributed by atoms with E-state index in [2.05, 4.69) is 10.3 Å². The summed E-state index contributed by atoms with van der Waals surface area (Å²) in [6.07, 6.45) is 15.5. The molecule has 1 heterocycles. The lowest BCUT2D eigenvalue weighted by atomic mass is 9.82. The van der Waals surface area contributed by atoms with Crippen LogP contribution in [-0.2, 0) is 16.1 Å². The van der Waals surface area contributed by atoms with Gasteiger partial charge < -0.3 is 25.5 Å². The fraction of sp³-hybridized carbons (Fsp3) is 0.800. The van der Waals surface area contributed by atoms with Crippen molar-refractivity contribution in [1.82, 2.24) is 15.2 Å². The maximum absolute atomic E-state index is 14.0. The number of aromatic nitrogens is 1. The molecule has 2 amide bonds. The van der Waals surface area contributed by atoms with Gasteiger partial charge in [0.05, 0.1) is 17.7 Å². The van der Waals surface area contributed by atoms with Gasteiger partial charge >= 0.3 is 0 Å². The Morgan fingerprint density at radius 2 is 1.58 bits per heavy atom. The highest BCUT2D eigenvalue weighted by Gasteiger charge is 2.38. The van der Waals surface area contributed by atoms with Crippen LogP contribution in [0.4, 0.5) is 0 Å². The van der Waals surface area contributed by atoms with Gasteiger partial charge in [-0.3, -0.25) is 14.6 Å². The van der Waals surface area contributed by atoms with Gasteiger partial charge in [0, 0.05) is 37.8 Å². The van der Waals surface area contributed by atoms with Crippen LogP contribution in [0.25, 0.3) is 0 Å². The average molecular weight is 600 g/mol. The smallest absolute Gasteiger partial charge is 0.223 e. The number of aliphatic hydroxyl groups is 3. The Bertz CT molecular complexity index is 988. The van der Waals surface area contributed by atoms with Crippen molar-refractivity contribution in [3.05, 3.63) is 30.1 Å². The predicted molar refractivity (Wildman–Crippen MR) is 168 cm³/mol. The third-order valence-corrected chi connectivity index (χ3v) is 10.0. The molecule has 0 saturated heterocycles. The maximum atomic E-state index is 14.0. The average Bonchev–Trinajstić information content (AvgIpc) is 3.81. The summed E-state index contributed by atoms with van der Waals surface area (Å²) in [5.41, 5.74) is 0.0393. The van der Waals surface area contributed by atoms with Crippen molar-refractivity contribution in [2.24, 2.45) is 23.7 Å². The summed E-state index contributed by atoms with van der Waals surface area (Å²) in [5.74, 6) is 0.243. The molecule has 1 aromatic heterocycles. The molecule has 0 aromatic carbocycles. The molecule has 8 nitrogen and oxygen atoms in total. The minimum absolute atomic E-state index is 0.0737. The molecule has 0 spiro atoms. The molecule has 0 bridgehead atoms. The first-order valence-electron chi connectivity index (χ1n) is 17.2. The van der Waals surface area contributed by atoms with E-state index in [9.17, 15) is 24.9 Å². The summed E-state index contributed by atoms with van der Waals surface area (Å²) in [7, 11) is 0. The highest BCUT2D eigenvalue weighted by atomic mass is 16.3. The quantitative estimate of drug-likeness (QED) is 0.209. The Morgan fingerprint density at radius 3 is 2.21 bits per heavy atom. The monoisotopic (exact) mass is 599 g/mol. The summed E-state index contributed by atoms with van der Waals surface area (Å²) < 4.78 is 0. The Balaban J connectivity index is 1.48. The first-order chi connectivity index (χ1) is 20.6. The third kappa shape index (κ3) is 11.1. The van der Waals surface area contributed by atoms with E-state index < -0.39 is 29.8 Å². The Hall–Kier alpha value is -2.03. The van der Waals surface area contributed by atoms with E-state index in [1.54, 1.807) is 17.3 Å². The van der Waals surface area contributed by atoms with E-state index in [1.807, 2.05) is 26.0 Å². The van der Waals surface area contributed by atoms with Crippen LogP contribution in [-0.4, -0.2) is 67.4 Å². The number of hydrogen-bond donors (Lipinski definition) is 4. The normalized spacial score (nSPS) is 22.0. The van der Waals surface area contributed by atoms with E-state index in [1.165, 1.54) is 6.42 Å². The zero-order valence-electron chi connectivity index (χ0n) is 26.6. The molecule has 3 aliphatic carbocycles. The van der Waals surface area contributed by atoms with Crippen LogP contribution >= 0.6 is 0 Å². The van der Waals surface area contributed by atoms with Gasteiger partial charge in [-0.25, -0.2) is 0 Å². The number of carbonyl (C=O) groups is 2. The molecule has 43 heavy (non-hydrogen) atoms. The Kier molecular flexibility index (Phi) is 12.9. The van der Waals surface area contributed by atoms with E-state index in [0.29, 0.717) is 50.5 Å². The summed E-state index contributed by atoms with van der Waals surface area (Å²) in [4.78, 5) is 33.8. The van der Waals surface area contributed by atoms with E-state index in [4.69, 9.17) is 0 Å². The summed E-state index contributed by atoms with van der Waals surface area (Å²) in [5, 5.41) is 36.6. The van der Waals surface area contributed by atoms with Crippen LogP contribution in [0.1, 0.15) is 122 Å². The molecule has 0 unspecified atom stereocenters. The van der Waals surface area contributed by atoms with Gasteiger partial charge in [-0.05, 0) is 67.6 Å². The highest BCUT2D eigenvalue weighted by Crippen LogP contribution is 2.37. The number of pyridine rings is 1. The van der Waals surface area contributed by atoms with Gasteiger partial charge in [-0.1, -0.05) is 78.1 Å². The van der Waals surface area contributed by atoms with E-state index in [-0.39, 0.29) is 30.7 Å². The van der Waals surface area contributed by atoms with Crippen LogP contribution in [0.2, 0.25) is 0 Å². The topological polar surface area (TPSA) is 123 Å². The lowest BCUT2D eigenvalue weighted by molar-refractivity contribution is -0.141. The molecular weight excluding hydrogens is 542 g/mol. The Labute approximate surface area is 259 Å². The molecular formula is C35H57N3O5. The fourth-order valence-corrected chi connectivity index (χ4v) is 7.30. The van der Waals surface area contributed by atoms with Crippen molar-refractivity contribution < 1.29 is 24.9 Å². The number of nitrogens with zero attached hydrogens (tertiary/aromatic N) is 2. The minimum atomic E-state index is -1.05. The molecule has 0 aliphatic heterocycles. The molecule has 0 radical (unpaired) electrons. The second-order valence-corrected chi connectivity index (χ2v) is 14.5. The van der Waals surface area contributed by atoms with Gasteiger partial charge in [-0.2, -0.15) is 0 Å². The lowest BCUT2D eigenvalue weighted by Gasteiger charge is -2.37. The van der Waals surface area contributed by atoms with Gasteiger partial charge in [0.1, 0.15) is 6.10 Å². The lowest BCUT2D eigenvalue weighted by Crippen LogP contribution is -2.52. The van der Waals surface area contributed by atoms with Crippen LogP contribution < -0.4 is 5.32 Å². The fourth-order valence-electron chi connectivity index (χ4n) is 7.30. The van der Waals surface area contributed by atoms with E-state index in [0.717, 1.165) is 63.4 Å². The summed E-state index contributed by atoms with van der Waals surface area (Å²) in [6.45, 7) is 4.66. The van der Waals surface area contributed by atoms with Gasteiger partial charge in [0.2, 0.25) is 11.8 Å². The second-order valence-electron chi connectivity index (χ2n) is 14.5. The zero-order chi connectivity index (χ0) is 30.8. The SMILES string of the molecule is CC(C)C[C@H](O)[C@H](O)[C@H](CC1CCCCC1)NC(=O)[C@@H](CC(=O)N(Cc1ccncc1)CC1(O)CCCCC1)CC1CC1. The summed E-state index contributed by atoms with van der Waals surface area (Å²) in [6, 6.07) is 3.23. The number of aliphatic hydroxyl groups excluding tert-OH is 2. The second kappa shape index (κ2) is 16.3. The number of amides is 2. The van der Waals surface area contributed by atoms with Gasteiger partial charge in [-0.15, -0.1) is 0 Å². The molecule has 8 heteroatoms. The largest absolute Gasteiger partial charge is 0.390 e. The van der Waals surface area contributed by atoms with Crippen molar-refractivity contribution in [2.45, 2.75) is 147 Å². The van der Waals surface area contributed by atoms with E-state index >= 15 is 0 Å². The Morgan fingerprint density at radius 1 is 0.953 bits per heavy atom. The van der Waals surface area contributed by atoms with Crippen molar-refractivity contribution >= 4 is 11.8 Å². The minimum Gasteiger partial charge on any atom is -0.390 e. The number of hydrogen-bond acceptors (Lipinski definition) is 6. The molecule has 3 saturated carbocycles. The molecule has 4 rings (SSSR count). The van der Waals surface area contributed by atoms with Crippen molar-refractivity contribution in [3.63, 3.8) is 0 Å². The first kappa shape index (κ1) is 33.9.